The van der Waals surface area contributed by atoms with E-state index < -0.39 is 4.92 Å². The zero-order chi connectivity index (χ0) is 20.5. The second-order valence-corrected chi connectivity index (χ2v) is 8.61. The van der Waals surface area contributed by atoms with Gasteiger partial charge in [0.2, 0.25) is 11.6 Å². The van der Waals surface area contributed by atoms with Crippen molar-refractivity contribution in [3.8, 4) is 0 Å². The first-order chi connectivity index (χ1) is 13.1. The molecule has 28 heavy (non-hydrogen) atoms. The van der Waals surface area contributed by atoms with Gasteiger partial charge in [-0.1, -0.05) is 6.07 Å². The van der Waals surface area contributed by atoms with E-state index in [1.807, 2.05) is 19.1 Å². The minimum absolute atomic E-state index is 0.0456. The van der Waals surface area contributed by atoms with Crippen LogP contribution in [0.4, 0.5) is 23.1 Å². The lowest BCUT2D eigenvalue weighted by Crippen LogP contribution is -2.60. The maximum Gasteiger partial charge on any atom is 0.353 e. The van der Waals surface area contributed by atoms with Gasteiger partial charge in [-0.3, -0.25) is 10.1 Å². The van der Waals surface area contributed by atoms with E-state index >= 15 is 0 Å². The highest BCUT2D eigenvalue weighted by Crippen LogP contribution is 2.35. The number of nitrogens with zero attached hydrogens (tertiary/aromatic N) is 4. The first-order valence-electron chi connectivity index (χ1n) is 9.30. The molecule has 0 aliphatic carbocycles. The third-order valence-corrected chi connectivity index (χ3v) is 4.78. The highest BCUT2D eigenvalue weighted by atomic mass is 16.6. The van der Waals surface area contributed by atoms with Gasteiger partial charge in [0.1, 0.15) is 12.1 Å². The van der Waals surface area contributed by atoms with Crippen LogP contribution in [-0.2, 0) is 0 Å². The van der Waals surface area contributed by atoms with Crippen LogP contribution in [0.2, 0.25) is 0 Å². The molecule has 1 aliphatic heterocycles. The second kappa shape index (κ2) is 7.31. The number of pyridine rings is 1. The summed E-state index contributed by atoms with van der Waals surface area (Å²) in [5.41, 5.74) is 0.509. The van der Waals surface area contributed by atoms with E-state index in [1.165, 1.54) is 6.33 Å². The monoisotopic (exact) mass is 385 g/mol. The molecule has 0 saturated carbocycles. The largest absolute Gasteiger partial charge is 0.361 e. The predicted octanol–water partition coefficient (Wildman–Crippen LogP) is 3.55. The van der Waals surface area contributed by atoms with Gasteiger partial charge >= 0.3 is 5.69 Å². The van der Waals surface area contributed by atoms with Gasteiger partial charge in [-0.15, -0.1) is 0 Å². The molecule has 2 aromatic rings. The van der Waals surface area contributed by atoms with Crippen molar-refractivity contribution >= 4 is 23.1 Å². The van der Waals surface area contributed by atoms with Crippen LogP contribution >= 0.6 is 0 Å². The standard InChI is InChI=1S/C19H27N7O2/c1-12-7-6-8-20-15(12)24-17-14(26(27)28)16(21-11-22-17)23-13-9-18(2,3)25-19(4,5)10-13/h6-8,11,13,25H,9-10H2,1-5H3,(H2,20,21,22,23,24). The van der Waals surface area contributed by atoms with Crippen LogP contribution in [-0.4, -0.2) is 37.0 Å². The maximum atomic E-state index is 11.8. The summed E-state index contributed by atoms with van der Waals surface area (Å²) in [5.74, 6) is 0.866. The lowest BCUT2D eigenvalue weighted by atomic mass is 9.79. The Morgan fingerprint density at radius 3 is 2.36 bits per heavy atom. The van der Waals surface area contributed by atoms with Gasteiger partial charge in [0, 0.05) is 23.3 Å². The van der Waals surface area contributed by atoms with Crippen molar-refractivity contribution in [2.45, 2.75) is 64.6 Å². The van der Waals surface area contributed by atoms with Gasteiger partial charge in [0.05, 0.1) is 4.92 Å². The van der Waals surface area contributed by atoms with Crippen molar-refractivity contribution in [1.29, 1.82) is 0 Å². The summed E-state index contributed by atoms with van der Waals surface area (Å²) in [6.45, 7) is 10.4. The van der Waals surface area contributed by atoms with Crippen LogP contribution in [0.15, 0.2) is 24.7 Å². The predicted molar refractivity (Wildman–Crippen MR) is 109 cm³/mol. The minimum Gasteiger partial charge on any atom is -0.361 e. The molecular weight excluding hydrogens is 358 g/mol. The van der Waals surface area contributed by atoms with Gasteiger partial charge in [0.25, 0.3) is 0 Å². The Bertz CT molecular complexity index is 866. The molecule has 9 heteroatoms. The van der Waals surface area contributed by atoms with Gasteiger partial charge < -0.3 is 16.0 Å². The summed E-state index contributed by atoms with van der Waals surface area (Å²) in [6, 6.07) is 3.73. The SMILES string of the molecule is Cc1cccnc1Nc1ncnc(NC2CC(C)(C)NC(C)(C)C2)c1[N+](=O)[O-]. The number of nitro groups is 1. The Morgan fingerprint density at radius 1 is 1.11 bits per heavy atom. The Balaban J connectivity index is 1.92. The third kappa shape index (κ3) is 4.53. The van der Waals surface area contributed by atoms with Crippen LogP contribution in [0.5, 0.6) is 0 Å². The molecule has 0 atom stereocenters. The van der Waals surface area contributed by atoms with Crippen molar-refractivity contribution in [2.24, 2.45) is 0 Å². The van der Waals surface area contributed by atoms with Crippen LogP contribution in [0.3, 0.4) is 0 Å². The summed E-state index contributed by atoms with van der Waals surface area (Å²) in [7, 11) is 0. The molecule has 1 saturated heterocycles. The molecule has 1 fully saturated rings. The van der Waals surface area contributed by atoms with Crippen molar-refractivity contribution < 1.29 is 4.92 Å². The topological polar surface area (TPSA) is 118 Å². The first kappa shape index (κ1) is 19.9. The van der Waals surface area contributed by atoms with Gasteiger partial charge in [-0.25, -0.2) is 15.0 Å². The van der Waals surface area contributed by atoms with Gasteiger partial charge in [-0.2, -0.15) is 0 Å². The Morgan fingerprint density at radius 2 is 1.75 bits per heavy atom. The molecule has 0 bridgehead atoms. The van der Waals surface area contributed by atoms with E-state index in [-0.39, 0.29) is 34.4 Å². The average Bonchev–Trinajstić information content (AvgIpc) is 2.54. The lowest BCUT2D eigenvalue weighted by molar-refractivity contribution is -0.383. The smallest absolute Gasteiger partial charge is 0.353 e. The molecule has 0 aromatic carbocycles. The van der Waals surface area contributed by atoms with Crippen LogP contribution in [0.1, 0.15) is 46.1 Å². The number of hydrogen-bond acceptors (Lipinski definition) is 8. The van der Waals surface area contributed by atoms with Crippen LogP contribution in [0, 0.1) is 17.0 Å². The fraction of sp³-hybridized carbons (Fsp3) is 0.526. The summed E-state index contributed by atoms with van der Waals surface area (Å²) >= 11 is 0. The number of nitrogens with one attached hydrogen (secondary N) is 3. The third-order valence-electron chi connectivity index (χ3n) is 4.78. The summed E-state index contributed by atoms with van der Waals surface area (Å²) in [6.07, 6.45) is 4.59. The van der Waals surface area contributed by atoms with Gasteiger partial charge in [-0.05, 0) is 59.1 Å². The number of rotatable bonds is 5. The molecule has 0 radical (unpaired) electrons. The lowest BCUT2D eigenvalue weighted by Gasteiger charge is -2.46. The van der Waals surface area contributed by atoms with E-state index in [2.05, 4.69) is 58.6 Å². The van der Waals surface area contributed by atoms with Crippen LogP contribution in [0.25, 0.3) is 0 Å². The molecule has 3 N–H and O–H groups in total. The van der Waals surface area contributed by atoms with E-state index in [1.54, 1.807) is 6.20 Å². The summed E-state index contributed by atoms with van der Waals surface area (Å²) in [4.78, 5) is 23.9. The Labute approximate surface area is 164 Å². The molecule has 0 unspecified atom stereocenters. The van der Waals surface area contributed by atoms with Crippen molar-refractivity contribution in [1.82, 2.24) is 20.3 Å². The van der Waals surface area contributed by atoms with E-state index in [4.69, 9.17) is 0 Å². The maximum absolute atomic E-state index is 11.8. The molecule has 3 heterocycles. The highest BCUT2D eigenvalue weighted by molar-refractivity contribution is 5.73. The molecule has 3 rings (SSSR count). The molecule has 0 spiro atoms. The molecule has 2 aromatic heterocycles. The molecule has 1 aliphatic rings. The fourth-order valence-corrected chi connectivity index (χ4v) is 4.10. The number of aromatic nitrogens is 3. The first-order valence-corrected chi connectivity index (χ1v) is 9.30. The summed E-state index contributed by atoms with van der Waals surface area (Å²) in [5, 5.41) is 21.7. The fourth-order valence-electron chi connectivity index (χ4n) is 4.10. The number of hydrogen-bond donors (Lipinski definition) is 3. The van der Waals surface area contributed by atoms with Crippen LogP contribution < -0.4 is 16.0 Å². The molecular formula is C19H27N7O2. The number of piperidine rings is 1. The minimum atomic E-state index is -0.458. The quantitative estimate of drug-likeness (QED) is 0.528. The van der Waals surface area contributed by atoms with Crippen molar-refractivity contribution in [3.05, 3.63) is 40.3 Å². The number of aryl methyl sites for hydroxylation is 1. The molecule has 150 valence electrons. The van der Waals surface area contributed by atoms with Crippen molar-refractivity contribution in [3.63, 3.8) is 0 Å². The average molecular weight is 385 g/mol. The highest BCUT2D eigenvalue weighted by Gasteiger charge is 2.38. The van der Waals surface area contributed by atoms with E-state index in [0.29, 0.717) is 5.82 Å². The molecule has 0 amide bonds. The van der Waals surface area contributed by atoms with Crippen molar-refractivity contribution in [2.75, 3.05) is 10.6 Å². The van der Waals surface area contributed by atoms with E-state index in [0.717, 1.165) is 18.4 Å². The summed E-state index contributed by atoms with van der Waals surface area (Å²) < 4.78 is 0. The zero-order valence-corrected chi connectivity index (χ0v) is 16.9. The van der Waals surface area contributed by atoms with Gasteiger partial charge in [0.15, 0.2) is 0 Å². The number of anilines is 3. The second-order valence-electron chi connectivity index (χ2n) is 8.61. The Hall–Kier alpha value is -2.81. The zero-order valence-electron chi connectivity index (χ0n) is 16.9. The van der Waals surface area contributed by atoms with E-state index in [9.17, 15) is 10.1 Å². The normalized spacial score (nSPS) is 18.5. The Kier molecular flexibility index (Phi) is 5.20. The molecule has 9 nitrogen and oxygen atoms in total.